The van der Waals surface area contributed by atoms with Gasteiger partial charge in [-0.25, -0.2) is 18.6 Å². The molecule has 0 radical (unpaired) electrons. The summed E-state index contributed by atoms with van der Waals surface area (Å²) in [5.41, 5.74) is 10.0. The molecule has 5 rings (SSSR count). The highest BCUT2D eigenvalue weighted by Gasteiger charge is 2.25. The van der Waals surface area contributed by atoms with E-state index in [1.807, 2.05) is 0 Å². The van der Waals surface area contributed by atoms with Crippen LogP contribution < -0.4 is 23.2 Å². The second-order valence-corrected chi connectivity index (χ2v) is 9.37. The Morgan fingerprint density at radius 1 is 0.500 bits per heavy atom. The van der Waals surface area contributed by atoms with Crippen molar-refractivity contribution in [3.05, 3.63) is 115 Å². The summed E-state index contributed by atoms with van der Waals surface area (Å²) in [4.78, 5) is 0. The predicted octanol–water partition coefficient (Wildman–Crippen LogP) is 2.90. The second-order valence-electron chi connectivity index (χ2n) is 8.61. The third-order valence-electron chi connectivity index (χ3n) is 5.86. The third-order valence-corrected chi connectivity index (χ3v) is 5.86. The van der Waals surface area contributed by atoms with Crippen LogP contribution in [0.4, 0.5) is 0 Å². The van der Waals surface area contributed by atoms with Gasteiger partial charge in [-0.15, -0.1) is 10.2 Å². The van der Waals surface area contributed by atoms with Gasteiger partial charge < -0.3 is 0 Å². The molecule has 0 saturated carbocycles. The minimum Gasteiger partial charge on any atom is -0.222 e. The zero-order chi connectivity index (χ0) is 25.7. The molecular weight excluding hydrogens is 474 g/mol. The van der Waals surface area contributed by atoms with E-state index in [1.54, 1.807) is 0 Å². The molecule has 0 N–H and O–H groups in total. The molecule has 1 heterocycles. The smallest absolute Gasteiger partial charge is 0.213 e. The van der Waals surface area contributed by atoms with Crippen LogP contribution in [-0.2, 0) is 0 Å². The molecule has 2 aliphatic carbocycles. The van der Waals surface area contributed by atoms with E-state index in [2.05, 4.69) is 134 Å². The van der Waals surface area contributed by atoms with Crippen molar-refractivity contribution in [2.75, 3.05) is 0 Å². The first-order chi connectivity index (χ1) is 17.2. The Morgan fingerprint density at radius 3 is 1.33 bits per heavy atom. The number of pyridine rings is 1. The molecule has 2 aromatic carbocycles. The number of benzene rings is 2. The summed E-state index contributed by atoms with van der Waals surface area (Å²) < 4.78 is 36.4. The average molecular weight is 500 g/mol. The number of fused-ring (bicyclic) bond motifs is 1. The Kier molecular flexibility index (Phi) is 7.79. The first kappa shape index (κ1) is 25.5. The van der Waals surface area contributed by atoms with Crippen molar-refractivity contribution in [3.63, 3.8) is 0 Å². The van der Waals surface area contributed by atoms with Gasteiger partial charge in [-0.2, -0.15) is 4.57 Å². The first-order valence-electron chi connectivity index (χ1n) is 11.5. The Morgan fingerprint density at radius 2 is 0.889 bits per heavy atom. The lowest BCUT2D eigenvalue weighted by molar-refractivity contribution is -2.00. The van der Waals surface area contributed by atoms with Crippen molar-refractivity contribution in [2.45, 2.75) is 19.9 Å². The van der Waals surface area contributed by atoms with Gasteiger partial charge in [-0.1, -0.05) is 78.9 Å². The lowest BCUT2D eigenvalue weighted by Gasteiger charge is -2.17. The maximum Gasteiger partial charge on any atom is 0.213 e. The zero-order valence-corrected chi connectivity index (χ0v) is 20.8. The van der Waals surface area contributed by atoms with Gasteiger partial charge in [0.15, 0.2) is 6.04 Å². The Balaban J connectivity index is 0.000000556. The summed E-state index contributed by atoms with van der Waals surface area (Å²) in [6, 6.07) is 41.7. The van der Waals surface area contributed by atoms with Crippen LogP contribution in [0.1, 0.15) is 19.9 Å². The molecule has 3 aromatic rings. The van der Waals surface area contributed by atoms with E-state index < -0.39 is 10.2 Å². The molecule has 0 amide bonds. The normalized spacial score (nSPS) is 11.3. The summed E-state index contributed by atoms with van der Waals surface area (Å²) in [6.45, 7) is 4.52. The highest BCUT2D eigenvalue weighted by atomic mass is 35.7. The second kappa shape index (κ2) is 11.0. The summed E-state index contributed by atoms with van der Waals surface area (Å²) in [5, 5.41) is 0. The van der Waals surface area contributed by atoms with Crippen LogP contribution in [0.15, 0.2) is 115 Å². The van der Waals surface area contributed by atoms with Gasteiger partial charge in [0.05, 0.1) is 0 Å². The van der Waals surface area contributed by atoms with Gasteiger partial charge in [0, 0.05) is 23.3 Å². The number of hydrogen-bond acceptors (Lipinski definition) is 4. The summed E-state index contributed by atoms with van der Waals surface area (Å²) in [6.07, 6.45) is 0. The van der Waals surface area contributed by atoms with Crippen LogP contribution in [0.2, 0.25) is 0 Å². The molecule has 0 aliphatic heterocycles. The first-order valence-corrected chi connectivity index (χ1v) is 12.8. The predicted molar refractivity (Wildman–Crippen MR) is 130 cm³/mol. The number of hydrogen-bond donors (Lipinski definition) is 0. The fraction of sp³-hybridized carbons (Fsp3) is 0.100. The Hall–Kier alpha value is -3.58. The van der Waals surface area contributed by atoms with E-state index in [0.717, 1.165) is 0 Å². The fourth-order valence-electron chi connectivity index (χ4n) is 4.45. The number of halogens is 1. The van der Waals surface area contributed by atoms with Crippen molar-refractivity contribution in [1.29, 1.82) is 0 Å². The van der Waals surface area contributed by atoms with Crippen molar-refractivity contribution < 1.29 is 33.4 Å². The molecule has 0 spiro atoms. The molecule has 0 saturated heterocycles. The fourth-order valence-corrected chi connectivity index (χ4v) is 4.45. The van der Waals surface area contributed by atoms with E-state index in [4.69, 9.17) is 18.6 Å². The molecule has 5 nitrogen and oxygen atoms in total. The average Bonchev–Trinajstić information content (AvgIpc) is 3.11. The van der Waals surface area contributed by atoms with Gasteiger partial charge in [0.25, 0.3) is 0 Å². The lowest BCUT2D eigenvalue weighted by Crippen LogP contribution is -2.68. The topological polar surface area (TPSA) is 96.1 Å². The lowest BCUT2D eigenvalue weighted by atomic mass is 9.97. The monoisotopic (exact) mass is 499 g/mol. The summed E-state index contributed by atoms with van der Waals surface area (Å²) in [5.74, 6) is 0. The highest BCUT2D eigenvalue weighted by molar-refractivity contribution is 5.88. The number of aromatic nitrogens is 1. The van der Waals surface area contributed by atoms with Crippen molar-refractivity contribution in [3.8, 4) is 44.8 Å². The standard InChI is InChI=1S/C30H26N.ClHO4/c1-22(2)31-29(24-13-7-3-8-14-24)20-26(21-30(31)25-15-9-4-10-16-25)28-19-18-23-12-6-5-11-17-27(23)28;2-1(3,4)5/h3-22H,1-2H3;(H,2,3,4,5)/q+1;/p-1. The summed E-state index contributed by atoms with van der Waals surface area (Å²) >= 11 is 0. The van der Waals surface area contributed by atoms with Gasteiger partial charge in [-0.05, 0) is 60.4 Å². The Bertz CT molecular complexity index is 1330. The van der Waals surface area contributed by atoms with Crippen molar-refractivity contribution >= 4 is 0 Å². The maximum absolute atomic E-state index is 8.49. The van der Waals surface area contributed by atoms with Gasteiger partial charge in [0.2, 0.25) is 11.4 Å². The van der Waals surface area contributed by atoms with E-state index >= 15 is 0 Å². The molecule has 6 heteroatoms. The van der Waals surface area contributed by atoms with Crippen molar-refractivity contribution in [2.24, 2.45) is 0 Å². The molecule has 36 heavy (non-hydrogen) atoms. The number of nitrogens with zero attached hydrogens (tertiary/aromatic N) is 1. The van der Waals surface area contributed by atoms with E-state index in [-0.39, 0.29) is 0 Å². The quantitative estimate of drug-likeness (QED) is 0.355. The molecule has 0 bridgehead atoms. The molecular formula is C30H26ClNO4. The van der Waals surface area contributed by atoms with Gasteiger partial charge in [-0.3, -0.25) is 0 Å². The molecule has 0 fully saturated rings. The van der Waals surface area contributed by atoms with E-state index in [9.17, 15) is 0 Å². The van der Waals surface area contributed by atoms with Crippen LogP contribution in [0.25, 0.3) is 44.8 Å². The minimum atomic E-state index is -4.94. The molecule has 0 unspecified atom stereocenters. The van der Waals surface area contributed by atoms with Crippen LogP contribution in [-0.4, -0.2) is 0 Å². The largest absolute Gasteiger partial charge is 0.222 e. The molecule has 0 atom stereocenters. The molecule has 1 aromatic heterocycles. The SMILES string of the molecule is CC(C)[n+]1c(-c2ccccc2)cc(-c2ccc3cccccc2-3)cc1-c1ccccc1.[O-][Cl+3]([O-])([O-])[O-]. The molecule has 2 aliphatic rings. The third kappa shape index (κ3) is 6.15. The van der Waals surface area contributed by atoms with Crippen LogP contribution >= 0.6 is 0 Å². The van der Waals surface area contributed by atoms with Crippen LogP contribution in [0, 0.1) is 10.2 Å². The summed E-state index contributed by atoms with van der Waals surface area (Å²) in [7, 11) is -4.94. The van der Waals surface area contributed by atoms with Crippen LogP contribution in [0.3, 0.4) is 0 Å². The zero-order valence-electron chi connectivity index (χ0n) is 20.0. The van der Waals surface area contributed by atoms with Gasteiger partial charge >= 0.3 is 0 Å². The van der Waals surface area contributed by atoms with E-state index in [1.165, 1.54) is 44.8 Å². The Labute approximate surface area is 213 Å². The van der Waals surface area contributed by atoms with Crippen molar-refractivity contribution in [1.82, 2.24) is 0 Å². The molecule has 182 valence electrons. The minimum absolute atomic E-state index is 0.327. The van der Waals surface area contributed by atoms with Gasteiger partial charge in [0.1, 0.15) is 0 Å². The highest BCUT2D eigenvalue weighted by Crippen LogP contribution is 2.37. The van der Waals surface area contributed by atoms with Crippen LogP contribution in [0.5, 0.6) is 0 Å². The number of rotatable bonds is 4. The van der Waals surface area contributed by atoms with E-state index in [0.29, 0.717) is 6.04 Å². The maximum atomic E-state index is 8.49.